The second-order valence-electron chi connectivity index (χ2n) is 3.53. The average Bonchev–Trinajstić information content (AvgIpc) is 2.38. The summed E-state index contributed by atoms with van der Waals surface area (Å²) in [6.45, 7) is 0.447. The van der Waals surface area contributed by atoms with Crippen LogP contribution in [0.4, 0.5) is 10.3 Å². The maximum absolute atomic E-state index is 13.0. The first-order valence-electron chi connectivity index (χ1n) is 5.24. The monoisotopic (exact) mass is 311 g/mol. The SMILES string of the molecule is COc1nc(NCc2cccc(F)c2)ncc1Br. The van der Waals surface area contributed by atoms with Crippen LogP contribution in [-0.4, -0.2) is 17.1 Å². The van der Waals surface area contributed by atoms with Crippen molar-refractivity contribution in [3.63, 3.8) is 0 Å². The summed E-state index contributed by atoms with van der Waals surface area (Å²) in [5.41, 5.74) is 0.820. The second-order valence-corrected chi connectivity index (χ2v) is 4.39. The summed E-state index contributed by atoms with van der Waals surface area (Å²) in [4.78, 5) is 8.22. The van der Waals surface area contributed by atoms with Crippen molar-refractivity contribution in [2.75, 3.05) is 12.4 Å². The predicted molar refractivity (Wildman–Crippen MR) is 70.0 cm³/mol. The molecule has 0 atom stereocenters. The van der Waals surface area contributed by atoms with Crippen LogP contribution >= 0.6 is 15.9 Å². The minimum atomic E-state index is -0.261. The van der Waals surface area contributed by atoms with Gasteiger partial charge in [-0.1, -0.05) is 12.1 Å². The van der Waals surface area contributed by atoms with E-state index in [1.54, 1.807) is 12.3 Å². The van der Waals surface area contributed by atoms with Crippen LogP contribution in [0.3, 0.4) is 0 Å². The van der Waals surface area contributed by atoms with Crippen LogP contribution in [0.15, 0.2) is 34.9 Å². The quantitative estimate of drug-likeness (QED) is 0.943. The van der Waals surface area contributed by atoms with Gasteiger partial charge in [-0.2, -0.15) is 4.98 Å². The average molecular weight is 312 g/mol. The fourth-order valence-electron chi connectivity index (χ4n) is 1.41. The van der Waals surface area contributed by atoms with Crippen molar-refractivity contribution in [1.82, 2.24) is 9.97 Å². The van der Waals surface area contributed by atoms with Gasteiger partial charge in [0.25, 0.3) is 0 Å². The third-order valence-corrected chi connectivity index (χ3v) is 2.79. The van der Waals surface area contributed by atoms with Gasteiger partial charge in [0.2, 0.25) is 11.8 Å². The van der Waals surface area contributed by atoms with Crippen LogP contribution in [-0.2, 0) is 6.54 Å². The summed E-state index contributed by atoms with van der Waals surface area (Å²) < 4.78 is 18.7. The fraction of sp³-hybridized carbons (Fsp3) is 0.167. The molecule has 0 amide bonds. The van der Waals surface area contributed by atoms with Crippen LogP contribution in [0.25, 0.3) is 0 Å². The lowest BCUT2D eigenvalue weighted by Crippen LogP contribution is -2.04. The number of nitrogens with one attached hydrogen (secondary N) is 1. The number of anilines is 1. The number of hydrogen-bond acceptors (Lipinski definition) is 4. The van der Waals surface area contributed by atoms with E-state index in [4.69, 9.17) is 4.74 Å². The number of nitrogens with zero attached hydrogens (tertiary/aromatic N) is 2. The molecule has 1 heterocycles. The summed E-state index contributed by atoms with van der Waals surface area (Å²) in [6.07, 6.45) is 1.60. The van der Waals surface area contributed by atoms with Gasteiger partial charge in [0.1, 0.15) is 5.82 Å². The van der Waals surface area contributed by atoms with Gasteiger partial charge in [0.15, 0.2) is 0 Å². The number of aromatic nitrogens is 2. The first-order valence-corrected chi connectivity index (χ1v) is 6.03. The van der Waals surface area contributed by atoms with Gasteiger partial charge >= 0.3 is 0 Å². The van der Waals surface area contributed by atoms with Crippen molar-refractivity contribution in [3.8, 4) is 5.88 Å². The van der Waals surface area contributed by atoms with Gasteiger partial charge in [-0.15, -0.1) is 0 Å². The molecule has 1 N–H and O–H groups in total. The number of rotatable bonds is 4. The zero-order valence-electron chi connectivity index (χ0n) is 9.65. The molecule has 0 radical (unpaired) electrons. The third-order valence-electron chi connectivity index (χ3n) is 2.24. The number of benzene rings is 1. The molecule has 94 valence electrons. The van der Waals surface area contributed by atoms with Crippen molar-refractivity contribution in [3.05, 3.63) is 46.3 Å². The Hall–Kier alpha value is -1.69. The number of halogens is 2. The van der Waals surface area contributed by atoms with Gasteiger partial charge < -0.3 is 10.1 Å². The Morgan fingerprint density at radius 1 is 1.44 bits per heavy atom. The lowest BCUT2D eigenvalue weighted by atomic mass is 10.2. The molecule has 0 fully saturated rings. The molecule has 6 heteroatoms. The Balaban J connectivity index is 2.06. The van der Waals surface area contributed by atoms with E-state index in [2.05, 4.69) is 31.2 Å². The van der Waals surface area contributed by atoms with Crippen molar-refractivity contribution in [2.45, 2.75) is 6.54 Å². The molecule has 0 aliphatic rings. The van der Waals surface area contributed by atoms with E-state index in [9.17, 15) is 4.39 Å². The molecular weight excluding hydrogens is 301 g/mol. The first-order chi connectivity index (χ1) is 8.69. The summed E-state index contributed by atoms with van der Waals surface area (Å²) in [6, 6.07) is 6.35. The molecule has 0 spiro atoms. The van der Waals surface area contributed by atoms with Gasteiger partial charge in [-0.3, -0.25) is 0 Å². The van der Waals surface area contributed by atoms with Crippen LogP contribution in [0.5, 0.6) is 5.88 Å². The van der Waals surface area contributed by atoms with Gasteiger partial charge in [-0.05, 0) is 33.6 Å². The Kier molecular flexibility index (Phi) is 4.09. The summed E-state index contributed by atoms with van der Waals surface area (Å²) in [5, 5.41) is 3.00. The smallest absolute Gasteiger partial charge is 0.232 e. The topological polar surface area (TPSA) is 47.0 Å². The van der Waals surface area contributed by atoms with Crippen molar-refractivity contribution >= 4 is 21.9 Å². The molecule has 1 aromatic heterocycles. The second kappa shape index (κ2) is 5.77. The minimum absolute atomic E-state index is 0.261. The molecular formula is C12H11BrFN3O. The number of methoxy groups -OCH3 is 1. The Labute approximate surface area is 112 Å². The molecule has 4 nitrogen and oxygen atoms in total. The predicted octanol–water partition coefficient (Wildman–Crippen LogP) is 3.00. The summed E-state index contributed by atoms with van der Waals surface area (Å²) in [5.74, 6) is 0.620. The van der Waals surface area contributed by atoms with Crippen molar-refractivity contribution in [2.24, 2.45) is 0 Å². The Morgan fingerprint density at radius 3 is 3.00 bits per heavy atom. The molecule has 2 aromatic rings. The van der Waals surface area contributed by atoms with Crippen LogP contribution in [0, 0.1) is 5.82 Å². The van der Waals surface area contributed by atoms with E-state index >= 15 is 0 Å². The lowest BCUT2D eigenvalue weighted by Gasteiger charge is -2.07. The highest BCUT2D eigenvalue weighted by molar-refractivity contribution is 9.10. The molecule has 0 saturated heterocycles. The highest BCUT2D eigenvalue weighted by atomic mass is 79.9. The molecule has 0 aliphatic carbocycles. The van der Waals surface area contributed by atoms with E-state index in [-0.39, 0.29) is 5.82 Å². The lowest BCUT2D eigenvalue weighted by molar-refractivity contribution is 0.394. The van der Waals surface area contributed by atoms with Gasteiger partial charge in [-0.25, -0.2) is 9.37 Å². The Bertz CT molecular complexity index is 551. The molecule has 0 saturated carbocycles. The van der Waals surface area contributed by atoms with E-state index in [0.717, 1.165) is 5.56 Å². The van der Waals surface area contributed by atoms with Crippen molar-refractivity contribution in [1.29, 1.82) is 0 Å². The van der Waals surface area contributed by atoms with E-state index < -0.39 is 0 Å². The highest BCUT2D eigenvalue weighted by Crippen LogP contribution is 2.21. The molecule has 0 unspecified atom stereocenters. The van der Waals surface area contributed by atoms with Crippen LogP contribution in [0.2, 0.25) is 0 Å². The molecule has 1 aromatic carbocycles. The standard InChI is InChI=1S/C12H11BrFN3O/c1-18-11-10(13)7-16-12(17-11)15-6-8-3-2-4-9(14)5-8/h2-5,7H,6H2,1H3,(H,15,16,17). The van der Waals surface area contributed by atoms with Crippen LogP contribution < -0.4 is 10.1 Å². The molecule has 18 heavy (non-hydrogen) atoms. The van der Waals surface area contributed by atoms with Crippen LogP contribution in [0.1, 0.15) is 5.56 Å². The number of ether oxygens (including phenoxy) is 1. The van der Waals surface area contributed by atoms with Gasteiger partial charge in [0.05, 0.1) is 17.8 Å². The third kappa shape index (κ3) is 3.16. The summed E-state index contributed by atoms with van der Waals surface area (Å²) >= 11 is 3.27. The minimum Gasteiger partial charge on any atom is -0.480 e. The number of hydrogen-bond donors (Lipinski definition) is 1. The van der Waals surface area contributed by atoms with E-state index in [1.165, 1.54) is 19.2 Å². The van der Waals surface area contributed by atoms with E-state index in [0.29, 0.717) is 22.8 Å². The molecule has 2 rings (SSSR count). The summed E-state index contributed by atoms with van der Waals surface area (Å²) in [7, 11) is 1.53. The Morgan fingerprint density at radius 2 is 2.28 bits per heavy atom. The molecule has 0 aliphatic heterocycles. The highest BCUT2D eigenvalue weighted by Gasteiger charge is 2.04. The first kappa shape index (κ1) is 12.8. The van der Waals surface area contributed by atoms with Crippen molar-refractivity contribution < 1.29 is 9.13 Å². The molecule has 0 bridgehead atoms. The zero-order chi connectivity index (χ0) is 13.0. The van der Waals surface area contributed by atoms with E-state index in [1.807, 2.05) is 6.07 Å². The fourth-order valence-corrected chi connectivity index (χ4v) is 1.76. The maximum Gasteiger partial charge on any atom is 0.232 e. The largest absolute Gasteiger partial charge is 0.480 e. The normalized spacial score (nSPS) is 10.2. The zero-order valence-corrected chi connectivity index (χ0v) is 11.2. The maximum atomic E-state index is 13.0. The van der Waals surface area contributed by atoms with Gasteiger partial charge in [0, 0.05) is 6.54 Å².